The Labute approximate surface area is 124 Å². The highest BCUT2D eigenvalue weighted by molar-refractivity contribution is 6.32. The maximum atomic E-state index is 12.2. The van der Waals surface area contributed by atoms with Crippen LogP contribution in [0.3, 0.4) is 0 Å². The van der Waals surface area contributed by atoms with Crippen molar-refractivity contribution in [3.63, 3.8) is 0 Å². The molecule has 1 aromatic carbocycles. The highest BCUT2D eigenvalue weighted by atomic mass is 35.5. The number of para-hydroxylation sites is 1. The summed E-state index contributed by atoms with van der Waals surface area (Å²) in [7, 11) is 0. The van der Waals surface area contributed by atoms with Crippen LogP contribution in [0.5, 0.6) is 5.75 Å². The van der Waals surface area contributed by atoms with Crippen molar-refractivity contribution in [3.05, 3.63) is 29.3 Å². The monoisotopic (exact) mass is 293 g/mol. The third-order valence-electron chi connectivity index (χ3n) is 4.58. The average molecular weight is 294 g/mol. The molecule has 3 rings (SSSR count). The second-order valence-electron chi connectivity index (χ2n) is 5.98. The van der Waals surface area contributed by atoms with Crippen molar-refractivity contribution in [3.8, 4) is 5.75 Å². The predicted molar refractivity (Wildman–Crippen MR) is 78.9 cm³/mol. The van der Waals surface area contributed by atoms with Gasteiger partial charge in [-0.1, -0.05) is 30.2 Å². The van der Waals surface area contributed by atoms with Crippen LogP contribution in [-0.4, -0.2) is 18.1 Å². The van der Waals surface area contributed by atoms with E-state index >= 15 is 0 Å². The lowest BCUT2D eigenvalue weighted by Crippen LogP contribution is -2.44. The Hall–Kier alpha value is -1.22. The molecule has 20 heavy (non-hydrogen) atoms. The van der Waals surface area contributed by atoms with E-state index in [2.05, 4.69) is 5.32 Å². The number of carbonyl (C=O) groups is 1. The van der Waals surface area contributed by atoms with Gasteiger partial charge in [-0.25, -0.2) is 0 Å². The summed E-state index contributed by atoms with van der Waals surface area (Å²) in [6, 6.07) is 7.58. The molecular formula is C16H20ClNO2. The van der Waals surface area contributed by atoms with Crippen molar-refractivity contribution in [1.29, 1.82) is 0 Å². The fourth-order valence-electron chi connectivity index (χ4n) is 3.51. The maximum absolute atomic E-state index is 12.2. The van der Waals surface area contributed by atoms with Gasteiger partial charge in [0.1, 0.15) is 5.75 Å². The Morgan fingerprint density at radius 3 is 2.80 bits per heavy atom. The van der Waals surface area contributed by atoms with E-state index in [1.807, 2.05) is 12.1 Å². The Morgan fingerprint density at radius 2 is 2.15 bits per heavy atom. The molecule has 2 aliphatic carbocycles. The normalized spacial score (nSPS) is 29.2. The molecule has 2 aliphatic rings. The zero-order chi connectivity index (χ0) is 14.1. The van der Waals surface area contributed by atoms with E-state index < -0.39 is 6.10 Å². The van der Waals surface area contributed by atoms with Gasteiger partial charge < -0.3 is 10.1 Å². The Balaban J connectivity index is 1.56. The number of carbonyl (C=O) groups excluding carboxylic acids is 1. The van der Waals surface area contributed by atoms with E-state index in [4.69, 9.17) is 16.3 Å². The average Bonchev–Trinajstić information content (AvgIpc) is 3.03. The van der Waals surface area contributed by atoms with Crippen LogP contribution in [0.1, 0.15) is 32.6 Å². The first-order chi connectivity index (χ1) is 9.63. The minimum absolute atomic E-state index is 0.0394. The maximum Gasteiger partial charge on any atom is 0.261 e. The fourth-order valence-corrected chi connectivity index (χ4v) is 3.69. The molecule has 2 saturated carbocycles. The zero-order valence-corrected chi connectivity index (χ0v) is 12.4. The van der Waals surface area contributed by atoms with Crippen LogP contribution in [0, 0.1) is 11.8 Å². The minimum Gasteiger partial charge on any atom is -0.479 e. The number of nitrogens with one attached hydrogen (secondary N) is 1. The van der Waals surface area contributed by atoms with E-state index in [9.17, 15) is 4.79 Å². The number of fused-ring (bicyclic) bond motifs is 2. The lowest BCUT2D eigenvalue weighted by molar-refractivity contribution is -0.128. The predicted octanol–water partition coefficient (Wildman–Crippen LogP) is 3.41. The Morgan fingerprint density at radius 1 is 1.35 bits per heavy atom. The summed E-state index contributed by atoms with van der Waals surface area (Å²) in [5, 5.41) is 3.68. The standard InChI is InChI=1S/C16H20ClNO2/c1-10(20-15-5-3-2-4-13(15)17)16(19)18-14-9-11-6-7-12(14)8-11/h2-5,10-12,14H,6-9H2,1H3,(H,18,19)/t10-,11-,12-,14+/m0/s1. The molecule has 1 amide bonds. The number of hydrogen-bond acceptors (Lipinski definition) is 2. The third kappa shape index (κ3) is 2.78. The second-order valence-corrected chi connectivity index (χ2v) is 6.39. The van der Waals surface area contributed by atoms with Crippen LogP contribution in [0.2, 0.25) is 5.02 Å². The van der Waals surface area contributed by atoms with Gasteiger partial charge in [-0.15, -0.1) is 0 Å². The molecule has 3 nitrogen and oxygen atoms in total. The SMILES string of the molecule is C[C@H](Oc1ccccc1Cl)C(=O)N[C@@H]1C[C@H]2CC[C@H]1C2. The molecule has 108 valence electrons. The van der Waals surface area contributed by atoms with Gasteiger partial charge in [0.15, 0.2) is 6.10 Å². The molecule has 2 fully saturated rings. The van der Waals surface area contributed by atoms with Crippen LogP contribution >= 0.6 is 11.6 Å². The van der Waals surface area contributed by atoms with Gasteiger partial charge in [-0.2, -0.15) is 0 Å². The zero-order valence-electron chi connectivity index (χ0n) is 11.6. The summed E-state index contributed by atoms with van der Waals surface area (Å²) >= 11 is 6.04. The molecule has 0 radical (unpaired) electrons. The summed E-state index contributed by atoms with van der Waals surface area (Å²) in [5.41, 5.74) is 0. The lowest BCUT2D eigenvalue weighted by atomic mass is 9.95. The van der Waals surface area contributed by atoms with Gasteiger partial charge in [0, 0.05) is 6.04 Å². The smallest absolute Gasteiger partial charge is 0.261 e. The van der Waals surface area contributed by atoms with Gasteiger partial charge in [0.25, 0.3) is 5.91 Å². The molecule has 4 heteroatoms. The van der Waals surface area contributed by atoms with Crippen molar-refractivity contribution in [2.75, 3.05) is 0 Å². The summed E-state index contributed by atoms with van der Waals surface area (Å²) in [4.78, 5) is 12.2. The van der Waals surface area contributed by atoms with Gasteiger partial charge >= 0.3 is 0 Å². The summed E-state index contributed by atoms with van der Waals surface area (Å²) in [6.45, 7) is 1.77. The van der Waals surface area contributed by atoms with E-state index in [-0.39, 0.29) is 5.91 Å². The van der Waals surface area contributed by atoms with Crippen molar-refractivity contribution < 1.29 is 9.53 Å². The van der Waals surface area contributed by atoms with Crippen LogP contribution in [-0.2, 0) is 4.79 Å². The van der Waals surface area contributed by atoms with Crippen molar-refractivity contribution in [2.24, 2.45) is 11.8 Å². The van der Waals surface area contributed by atoms with E-state index in [0.29, 0.717) is 22.7 Å². The summed E-state index contributed by atoms with van der Waals surface area (Å²) in [5.74, 6) is 2.02. The van der Waals surface area contributed by atoms with E-state index in [0.717, 1.165) is 12.3 Å². The first-order valence-electron chi connectivity index (χ1n) is 7.35. The molecule has 0 spiro atoms. The molecule has 4 atom stereocenters. The van der Waals surface area contributed by atoms with Gasteiger partial charge in [0.05, 0.1) is 5.02 Å². The summed E-state index contributed by atoms with van der Waals surface area (Å²) in [6.07, 6.45) is 4.49. The second kappa shape index (κ2) is 5.65. The largest absolute Gasteiger partial charge is 0.479 e. The Bertz CT molecular complexity index is 505. The molecule has 0 aliphatic heterocycles. The van der Waals surface area contributed by atoms with E-state index in [1.54, 1.807) is 19.1 Å². The van der Waals surface area contributed by atoms with Crippen LogP contribution in [0.25, 0.3) is 0 Å². The summed E-state index contributed by atoms with van der Waals surface area (Å²) < 4.78 is 5.65. The first-order valence-corrected chi connectivity index (χ1v) is 7.73. The van der Waals surface area contributed by atoms with Crippen molar-refractivity contribution >= 4 is 17.5 Å². The topological polar surface area (TPSA) is 38.3 Å². The number of rotatable bonds is 4. The molecule has 0 aromatic heterocycles. The minimum atomic E-state index is -0.519. The van der Waals surface area contributed by atoms with Gasteiger partial charge in [-0.05, 0) is 50.2 Å². The van der Waals surface area contributed by atoms with Crippen molar-refractivity contribution in [2.45, 2.75) is 44.8 Å². The molecular weight excluding hydrogens is 274 g/mol. The molecule has 1 aromatic rings. The number of halogens is 1. The van der Waals surface area contributed by atoms with Gasteiger partial charge in [-0.3, -0.25) is 4.79 Å². The van der Waals surface area contributed by atoms with E-state index in [1.165, 1.54) is 19.3 Å². The lowest BCUT2D eigenvalue weighted by Gasteiger charge is -2.25. The van der Waals surface area contributed by atoms with Crippen LogP contribution in [0.4, 0.5) is 0 Å². The molecule has 1 N–H and O–H groups in total. The third-order valence-corrected chi connectivity index (χ3v) is 4.89. The first kappa shape index (κ1) is 13.7. The molecule has 2 bridgehead atoms. The Kier molecular flexibility index (Phi) is 3.88. The molecule has 0 heterocycles. The van der Waals surface area contributed by atoms with Gasteiger partial charge in [0.2, 0.25) is 0 Å². The van der Waals surface area contributed by atoms with Crippen LogP contribution < -0.4 is 10.1 Å². The number of ether oxygens (including phenoxy) is 1. The quantitative estimate of drug-likeness (QED) is 0.924. The highest BCUT2D eigenvalue weighted by Crippen LogP contribution is 2.44. The number of amides is 1. The fraction of sp³-hybridized carbons (Fsp3) is 0.562. The van der Waals surface area contributed by atoms with Crippen molar-refractivity contribution in [1.82, 2.24) is 5.32 Å². The molecule has 0 unspecified atom stereocenters. The van der Waals surface area contributed by atoms with Crippen LogP contribution in [0.15, 0.2) is 24.3 Å². The highest BCUT2D eigenvalue weighted by Gasteiger charge is 2.40. The number of benzene rings is 1. The number of hydrogen-bond donors (Lipinski definition) is 1. The molecule has 0 saturated heterocycles.